The lowest BCUT2D eigenvalue weighted by molar-refractivity contribution is 0.0943. The van der Waals surface area contributed by atoms with Crippen molar-refractivity contribution in [1.29, 1.82) is 0 Å². The summed E-state index contributed by atoms with van der Waals surface area (Å²) in [6.07, 6.45) is 4.98. The van der Waals surface area contributed by atoms with Crippen LogP contribution in [0.15, 0.2) is 12.3 Å². The number of nitrogens with zero attached hydrogens (tertiary/aromatic N) is 4. The van der Waals surface area contributed by atoms with Gasteiger partial charge in [-0.25, -0.2) is 4.68 Å². The molecule has 0 unspecified atom stereocenters. The van der Waals surface area contributed by atoms with Gasteiger partial charge in [-0.05, 0) is 18.9 Å². The van der Waals surface area contributed by atoms with E-state index >= 15 is 0 Å². The molecule has 1 aliphatic heterocycles. The van der Waals surface area contributed by atoms with Crippen LogP contribution in [0.3, 0.4) is 0 Å². The minimum absolute atomic E-state index is 0.165. The summed E-state index contributed by atoms with van der Waals surface area (Å²) >= 11 is 0. The summed E-state index contributed by atoms with van der Waals surface area (Å²) in [5.41, 5.74) is 2.65. The van der Waals surface area contributed by atoms with Gasteiger partial charge in [-0.2, -0.15) is 10.2 Å². The molecule has 1 fully saturated rings. The van der Waals surface area contributed by atoms with E-state index in [9.17, 15) is 4.79 Å². The summed E-state index contributed by atoms with van der Waals surface area (Å²) in [6.45, 7) is 1.86. The van der Waals surface area contributed by atoms with Gasteiger partial charge in [0, 0.05) is 31.6 Å². The molecule has 0 bridgehead atoms. The Morgan fingerprint density at radius 3 is 3.18 bits per heavy atom. The van der Waals surface area contributed by atoms with Crippen molar-refractivity contribution >= 4 is 5.91 Å². The first-order valence-electron chi connectivity index (χ1n) is 7.72. The van der Waals surface area contributed by atoms with Crippen LogP contribution in [-0.4, -0.2) is 32.1 Å². The summed E-state index contributed by atoms with van der Waals surface area (Å²) < 4.78 is 9.21. The fraction of sp³-hybridized carbons (Fsp3) is 0.533. The van der Waals surface area contributed by atoms with Crippen molar-refractivity contribution < 1.29 is 9.53 Å². The molecular formula is C15H19N5O2. The molecule has 0 saturated heterocycles. The van der Waals surface area contributed by atoms with Gasteiger partial charge in [0.1, 0.15) is 5.56 Å². The quantitative estimate of drug-likeness (QED) is 0.921. The van der Waals surface area contributed by atoms with Gasteiger partial charge in [0.05, 0.1) is 25.0 Å². The monoisotopic (exact) mass is 301 g/mol. The van der Waals surface area contributed by atoms with E-state index in [0.717, 1.165) is 18.7 Å². The number of hydrogen-bond acceptors (Lipinski definition) is 4. The van der Waals surface area contributed by atoms with E-state index in [1.165, 1.54) is 18.5 Å². The van der Waals surface area contributed by atoms with Crippen LogP contribution in [0.4, 0.5) is 0 Å². The maximum absolute atomic E-state index is 12.3. The van der Waals surface area contributed by atoms with Crippen molar-refractivity contribution in [3.8, 4) is 5.88 Å². The Balaban J connectivity index is 1.44. The first-order chi connectivity index (χ1) is 10.7. The number of rotatable bonds is 4. The molecule has 116 valence electrons. The summed E-state index contributed by atoms with van der Waals surface area (Å²) in [6, 6.07) is 2.09. The molecule has 2 aliphatic rings. The summed E-state index contributed by atoms with van der Waals surface area (Å²) in [5, 5.41) is 11.6. The third kappa shape index (κ3) is 2.36. The minimum atomic E-state index is -0.165. The van der Waals surface area contributed by atoms with Gasteiger partial charge >= 0.3 is 0 Å². The van der Waals surface area contributed by atoms with Crippen molar-refractivity contribution in [1.82, 2.24) is 24.9 Å². The van der Waals surface area contributed by atoms with E-state index < -0.39 is 0 Å². The third-order valence-corrected chi connectivity index (χ3v) is 4.18. The molecule has 0 atom stereocenters. The van der Waals surface area contributed by atoms with Crippen LogP contribution in [-0.2, 0) is 20.1 Å². The zero-order valence-electron chi connectivity index (χ0n) is 12.6. The Kier molecular flexibility index (Phi) is 3.13. The van der Waals surface area contributed by atoms with Crippen LogP contribution in [0.1, 0.15) is 46.9 Å². The number of ether oxygens (including phenoxy) is 1. The molecule has 0 spiro atoms. The lowest BCUT2D eigenvalue weighted by Gasteiger charge is -2.15. The average Bonchev–Trinajstić information content (AvgIpc) is 3.16. The summed E-state index contributed by atoms with van der Waals surface area (Å²) in [7, 11) is 1.96. The van der Waals surface area contributed by atoms with Crippen LogP contribution >= 0.6 is 0 Å². The predicted molar refractivity (Wildman–Crippen MR) is 78.7 cm³/mol. The van der Waals surface area contributed by atoms with Crippen molar-refractivity contribution in [3.05, 3.63) is 29.2 Å². The molecular weight excluding hydrogens is 282 g/mol. The van der Waals surface area contributed by atoms with Crippen LogP contribution in [0.25, 0.3) is 0 Å². The number of carbonyl (C=O) groups excluding carboxylic acids is 1. The van der Waals surface area contributed by atoms with E-state index in [4.69, 9.17) is 4.74 Å². The molecule has 2 aromatic rings. The molecule has 1 N–H and O–H groups in total. The highest BCUT2D eigenvalue weighted by Crippen LogP contribution is 2.39. The molecule has 0 radical (unpaired) electrons. The number of carbonyl (C=O) groups is 1. The minimum Gasteiger partial charge on any atom is -0.477 e. The van der Waals surface area contributed by atoms with Gasteiger partial charge < -0.3 is 10.1 Å². The fourth-order valence-corrected chi connectivity index (χ4v) is 2.88. The second-order valence-corrected chi connectivity index (χ2v) is 5.93. The highest BCUT2D eigenvalue weighted by atomic mass is 16.5. The lowest BCUT2D eigenvalue weighted by Crippen LogP contribution is -2.24. The molecule has 4 rings (SSSR count). The van der Waals surface area contributed by atoms with Crippen LogP contribution in [0.2, 0.25) is 0 Å². The smallest absolute Gasteiger partial charge is 0.258 e. The van der Waals surface area contributed by atoms with E-state index in [1.54, 1.807) is 10.9 Å². The maximum Gasteiger partial charge on any atom is 0.258 e. The first kappa shape index (κ1) is 13.4. The number of aromatic nitrogens is 4. The molecule has 1 saturated carbocycles. The van der Waals surface area contributed by atoms with E-state index in [0.29, 0.717) is 30.5 Å². The zero-order valence-corrected chi connectivity index (χ0v) is 12.6. The topological polar surface area (TPSA) is 74.0 Å². The Morgan fingerprint density at radius 1 is 1.50 bits per heavy atom. The van der Waals surface area contributed by atoms with E-state index in [2.05, 4.69) is 21.6 Å². The normalized spacial score (nSPS) is 17.0. The highest BCUT2D eigenvalue weighted by molar-refractivity contribution is 5.96. The second kappa shape index (κ2) is 5.15. The summed E-state index contributed by atoms with van der Waals surface area (Å²) in [5.74, 6) is 1.06. The van der Waals surface area contributed by atoms with Gasteiger partial charge in [-0.1, -0.05) is 0 Å². The number of fused-ring (bicyclic) bond motifs is 1. The molecule has 3 heterocycles. The Bertz CT molecular complexity index is 714. The number of hydrogen-bond donors (Lipinski definition) is 1. The predicted octanol–water partition coefficient (Wildman–Crippen LogP) is 1.21. The van der Waals surface area contributed by atoms with Gasteiger partial charge in [-0.3, -0.25) is 9.48 Å². The second-order valence-electron chi connectivity index (χ2n) is 5.93. The van der Waals surface area contributed by atoms with E-state index in [-0.39, 0.29) is 5.91 Å². The Labute approximate surface area is 128 Å². The van der Waals surface area contributed by atoms with Crippen molar-refractivity contribution in [2.24, 2.45) is 7.05 Å². The molecule has 7 heteroatoms. The van der Waals surface area contributed by atoms with Crippen LogP contribution < -0.4 is 10.1 Å². The van der Waals surface area contributed by atoms with Gasteiger partial charge in [0.2, 0.25) is 5.88 Å². The average molecular weight is 301 g/mol. The van der Waals surface area contributed by atoms with Crippen molar-refractivity contribution in [3.63, 3.8) is 0 Å². The standard InChI is InChI=1S/C15H19N5O2/c1-19-13(10-3-4-10)7-11(18-19)8-16-14(21)12-9-17-20-5-2-6-22-15(12)20/h7,9-10H,2-6,8H2,1H3,(H,16,21). The van der Waals surface area contributed by atoms with Crippen LogP contribution in [0, 0.1) is 0 Å². The largest absolute Gasteiger partial charge is 0.477 e. The first-order valence-corrected chi connectivity index (χ1v) is 7.72. The van der Waals surface area contributed by atoms with Gasteiger partial charge in [-0.15, -0.1) is 0 Å². The Morgan fingerprint density at radius 2 is 2.36 bits per heavy atom. The maximum atomic E-state index is 12.3. The molecule has 1 aliphatic carbocycles. The van der Waals surface area contributed by atoms with Gasteiger partial charge in [0.15, 0.2) is 0 Å². The Hall–Kier alpha value is -2.31. The van der Waals surface area contributed by atoms with Gasteiger partial charge in [0.25, 0.3) is 5.91 Å². The SMILES string of the molecule is Cn1nc(CNC(=O)c2cnn3c2OCCC3)cc1C1CC1. The number of nitrogens with one attached hydrogen (secondary N) is 1. The highest BCUT2D eigenvalue weighted by Gasteiger charge is 2.27. The lowest BCUT2D eigenvalue weighted by atomic mass is 10.2. The van der Waals surface area contributed by atoms with Crippen molar-refractivity contribution in [2.75, 3.05) is 6.61 Å². The molecule has 7 nitrogen and oxygen atoms in total. The molecule has 22 heavy (non-hydrogen) atoms. The van der Waals surface area contributed by atoms with E-state index in [1.807, 2.05) is 11.7 Å². The fourth-order valence-electron chi connectivity index (χ4n) is 2.88. The summed E-state index contributed by atoms with van der Waals surface area (Å²) in [4.78, 5) is 12.3. The number of amides is 1. The molecule has 0 aromatic carbocycles. The molecule has 2 aromatic heterocycles. The third-order valence-electron chi connectivity index (χ3n) is 4.18. The molecule has 1 amide bonds. The van der Waals surface area contributed by atoms with Crippen LogP contribution in [0.5, 0.6) is 5.88 Å². The van der Waals surface area contributed by atoms with Crippen molar-refractivity contribution in [2.45, 2.75) is 38.3 Å². The number of aryl methyl sites for hydroxylation is 2. The zero-order chi connectivity index (χ0) is 15.1.